The lowest BCUT2D eigenvalue weighted by molar-refractivity contribution is 0.0989. The van der Waals surface area contributed by atoms with E-state index in [1.807, 2.05) is 0 Å². The van der Waals surface area contributed by atoms with Crippen molar-refractivity contribution >= 4 is 46.4 Å². The molecule has 9 heteroatoms. The average molecular weight is 450 g/mol. The summed E-state index contributed by atoms with van der Waals surface area (Å²) in [4.78, 5) is 37.0. The van der Waals surface area contributed by atoms with Gasteiger partial charge in [0.2, 0.25) is 0 Å². The van der Waals surface area contributed by atoms with Crippen LogP contribution < -0.4 is 16.0 Å². The first-order valence-corrected chi connectivity index (χ1v) is 9.78. The summed E-state index contributed by atoms with van der Waals surface area (Å²) in [7, 11) is 0. The van der Waals surface area contributed by atoms with Crippen molar-refractivity contribution in [3.05, 3.63) is 101 Å². The molecule has 0 fully saturated rings. The van der Waals surface area contributed by atoms with Gasteiger partial charge in [0, 0.05) is 16.3 Å². The molecule has 4 aromatic rings. The van der Waals surface area contributed by atoms with Gasteiger partial charge in [-0.05, 0) is 66.7 Å². The maximum Gasteiger partial charge on any atom is 0.291 e. The third-order valence-electron chi connectivity index (χ3n) is 4.37. The number of furan rings is 2. The molecule has 0 saturated carbocycles. The SMILES string of the molecule is O=C(Nc1ccc(Cl)cc1NC(=O)c1ccco1)c1ccc(NC(=O)c2ccco2)cc1. The molecule has 0 aliphatic rings. The molecule has 0 aliphatic carbocycles. The molecule has 3 N–H and O–H groups in total. The van der Waals surface area contributed by atoms with Crippen LogP contribution in [0.3, 0.4) is 0 Å². The van der Waals surface area contributed by atoms with E-state index in [2.05, 4.69) is 16.0 Å². The Morgan fingerprint density at radius 2 is 1.25 bits per heavy atom. The molecule has 0 radical (unpaired) electrons. The van der Waals surface area contributed by atoms with Crippen molar-refractivity contribution in [2.75, 3.05) is 16.0 Å². The number of halogens is 1. The van der Waals surface area contributed by atoms with Crippen LogP contribution in [0, 0.1) is 0 Å². The predicted octanol–water partition coefficient (Wildman–Crippen LogP) is 5.28. The molecular formula is C23H16ClN3O5. The summed E-state index contributed by atoms with van der Waals surface area (Å²) in [5.74, 6) is -0.993. The van der Waals surface area contributed by atoms with Crippen molar-refractivity contribution in [2.45, 2.75) is 0 Å². The zero-order chi connectivity index (χ0) is 22.5. The van der Waals surface area contributed by atoms with Gasteiger partial charge >= 0.3 is 0 Å². The lowest BCUT2D eigenvalue weighted by Gasteiger charge is -2.13. The highest BCUT2D eigenvalue weighted by atomic mass is 35.5. The first-order chi connectivity index (χ1) is 15.5. The summed E-state index contributed by atoms with van der Waals surface area (Å²) in [5, 5.41) is 8.47. The largest absolute Gasteiger partial charge is 0.459 e. The highest BCUT2D eigenvalue weighted by molar-refractivity contribution is 6.31. The molecule has 160 valence electrons. The molecule has 4 rings (SSSR count). The molecule has 0 saturated heterocycles. The molecule has 32 heavy (non-hydrogen) atoms. The number of rotatable bonds is 6. The molecule has 2 heterocycles. The van der Waals surface area contributed by atoms with Gasteiger partial charge in [0.05, 0.1) is 23.9 Å². The van der Waals surface area contributed by atoms with Crippen molar-refractivity contribution in [3.8, 4) is 0 Å². The van der Waals surface area contributed by atoms with Crippen LogP contribution in [0.4, 0.5) is 17.1 Å². The summed E-state index contributed by atoms with van der Waals surface area (Å²) < 4.78 is 10.1. The second kappa shape index (κ2) is 9.23. The number of amides is 3. The Bertz CT molecular complexity index is 1250. The summed E-state index contributed by atoms with van der Waals surface area (Å²) in [6, 6.07) is 17.3. The van der Waals surface area contributed by atoms with Gasteiger partial charge in [-0.3, -0.25) is 14.4 Å². The summed E-state index contributed by atoms with van der Waals surface area (Å²) >= 11 is 6.05. The first-order valence-electron chi connectivity index (χ1n) is 9.40. The van der Waals surface area contributed by atoms with Crippen molar-refractivity contribution < 1.29 is 23.2 Å². The Labute approximate surface area is 187 Å². The molecule has 3 amide bonds. The average Bonchev–Trinajstić information content (AvgIpc) is 3.50. The summed E-state index contributed by atoms with van der Waals surface area (Å²) in [6.45, 7) is 0. The standard InChI is InChI=1S/C23H16ClN3O5/c24-15-7-10-17(18(13-15)27-23(30)20-4-2-12-32-20)26-21(28)14-5-8-16(9-6-14)25-22(29)19-3-1-11-31-19/h1-13H,(H,25,29)(H,26,28)(H,27,30). The third-order valence-corrected chi connectivity index (χ3v) is 4.61. The zero-order valence-corrected chi connectivity index (χ0v) is 17.2. The van der Waals surface area contributed by atoms with E-state index in [1.54, 1.807) is 54.6 Å². The fourth-order valence-corrected chi connectivity index (χ4v) is 2.99. The molecule has 0 aliphatic heterocycles. The molecule has 0 atom stereocenters. The molecule has 0 bridgehead atoms. The van der Waals surface area contributed by atoms with Gasteiger partial charge in [-0.2, -0.15) is 0 Å². The fraction of sp³-hybridized carbons (Fsp3) is 0. The van der Waals surface area contributed by atoms with E-state index in [9.17, 15) is 14.4 Å². The van der Waals surface area contributed by atoms with E-state index in [0.29, 0.717) is 27.6 Å². The molecule has 8 nitrogen and oxygen atoms in total. The Morgan fingerprint density at radius 3 is 1.84 bits per heavy atom. The Morgan fingerprint density at radius 1 is 0.656 bits per heavy atom. The third kappa shape index (κ3) is 4.88. The minimum absolute atomic E-state index is 0.120. The van der Waals surface area contributed by atoms with Gasteiger partial charge < -0.3 is 24.8 Å². The topological polar surface area (TPSA) is 114 Å². The highest BCUT2D eigenvalue weighted by Crippen LogP contribution is 2.27. The van der Waals surface area contributed by atoms with Crippen LogP contribution >= 0.6 is 11.6 Å². The van der Waals surface area contributed by atoms with Crippen LogP contribution in [0.5, 0.6) is 0 Å². The number of anilines is 3. The van der Waals surface area contributed by atoms with E-state index < -0.39 is 17.7 Å². The molecule has 0 spiro atoms. The van der Waals surface area contributed by atoms with Crippen LogP contribution in [-0.2, 0) is 0 Å². The van der Waals surface area contributed by atoms with Crippen LogP contribution in [0.25, 0.3) is 0 Å². The number of hydrogen-bond acceptors (Lipinski definition) is 5. The number of benzene rings is 2. The van der Waals surface area contributed by atoms with Gasteiger partial charge in [0.15, 0.2) is 11.5 Å². The van der Waals surface area contributed by atoms with E-state index in [0.717, 1.165) is 0 Å². The number of carbonyl (C=O) groups is 3. The van der Waals surface area contributed by atoms with E-state index in [-0.39, 0.29) is 11.5 Å². The van der Waals surface area contributed by atoms with Crippen molar-refractivity contribution in [1.82, 2.24) is 0 Å². The minimum Gasteiger partial charge on any atom is -0.459 e. The minimum atomic E-state index is -0.482. The zero-order valence-electron chi connectivity index (χ0n) is 16.4. The summed E-state index contributed by atoms with van der Waals surface area (Å²) in [5.41, 5.74) is 1.52. The normalized spacial score (nSPS) is 10.4. The second-order valence-electron chi connectivity index (χ2n) is 6.58. The van der Waals surface area contributed by atoms with Gasteiger partial charge in [-0.15, -0.1) is 0 Å². The monoisotopic (exact) mass is 449 g/mol. The summed E-state index contributed by atoms with van der Waals surface area (Å²) in [6.07, 6.45) is 2.79. The quantitative estimate of drug-likeness (QED) is 0.370. The van der Waals surface area contributed by atoms with Crippen molar-refractivity contribution in [2.24, 2.45) is 0 Å². The van der Waals surface area contributed by atoms with Crippen LogP contribution in [-0.4, -0.2) is 17.7 Å². The fourth-order valence-electron chi connectivity index (χ4n) is 2.82. The second-order valence-corrected chi connectivity index (χ2v) is 7.02. The number of carbonyl (C=O) groups excluding carboxylic acids is 3. The predicted molar refractivity (Wildman–Crippen MR) is 119 cm³/mol. The Kier molecular flexibility index (Phi) is 6.05. The smallest absolute Gasteiger partial charge is 0.291 e. The lowest BCUT2D eigenvalue weighted by Crippen LogP contribution is -2.16. The van der Waals surface area contributed by atoms with Gasteiger partial charge in [-0.25, -0.2) is 0 Å². The molecule has 2 aromatic carbocycles. The van der Waals surface area contributed by atoms with Crippen molar-refractivity contribution in [1.29, 1.82) is 0 Å². The van der Waals surface area contributed by atoms with Gasteiger partial charge in [-0.1, -0.05) is 11.6 Å². The molecule has 0 unspecified atom stereocenters. The van der Waals surface area contributed by atoms with Crippen LogP contribution in [0.1, 0.15) is 31.5 Å². The molecule has 2 aromatic heterocycles. The maximum absolute atomic E-state index is 12.7. The Hall–Kier alpha value is -4.30. The number of nitrogens with one attached hydrogen (secondary N) is 3. The van der Waals surface area contributed by atoms with Crippen LogP contribution in [0.15, 0.2) is 88.1 Å². The first kappa shape index (κ1) is 21.0. The van der Waals surface area contributed by atoms with Crippen molar-refractivity contribution in [3.63, 3.8) is 0 Å². The highest BCUT2D eigenvalue weighted by Gasteiger charge is 2.15. The van der Waals surface area contributed by atoms with Gasteiger partial charge in [0.25, 0.3) is 17.7 Å². The number of hydrogen-bond donors (Lipinski definition) is 3. The van der Waals surface area contributed by atoms with Gasteiger partial charge in [0.1, 0.15) is 0 Å². The Balaban J connectivity index is 1.45. The lowest BCUT2D eigenvalue weighted by atomic mass is 10.1. The van der Waals surface area contributed by atoms with E-state index in [1.165, 1.54) is 24.7 Å². The maximum atomic E-state index is 12.7. The van der Waals surface area contributed by atoms with E-state index >= 15 is 0 Å². The van der Waals surface area contributed by atoms with E-state index in [4.69, 9.17) is 20.4 Å². The van der Waals surface area contributed by atoms with Crippen LogP contribution in [0.2, 0.25) is 5.02 Å². The molecular weight excluding hydrogens is 434 g/mol.